The molecule has 10 heteroatoms. The lowest BCUT2D eigenvalue weighted by molar-refractivity contribution is -0.274. The quantitative estimate of drug-likeness (QED) is 0.614. The van der Waals surface area contributed by atoms with Crippen LogP contribution >= 0.6 is 0 Å². The summed E-state index contributed by atoms with van der Waals surface area (Å²) in [4.78, 5) is 3.86. The molecular weight excluding hydrogens is 409 g/mol. The molecule has 0 bridgehead atoms. The number of rotatable bonds is 7. The van der Waals surface area contributed by atoms with Crippen molar-refractivity contribution >= 4 is 10.0 Å². The minimum absolute atomic E-state index is 0.0391. The summed E-state index contributed by atoms with van der Waals surface area (Å²) in [5.74, 6) is 0.372. The SMILES string of the molecule is O=S(=O)(NCc1cccc(Oc2ccccn2)c1)c1ccc(OC(F)(F)F)cc1. The molecule has 0 saturated heterocycles. The largest absolute Gasteiger partial charge is 0.573 e. The van der Waals surface area contributed by atoms with Crippen LogP contribution in [0.25, 0.3) is 0 Å². The van der Waals surface area contributed by atoms with E-state index in [4.69, 9.17) is 4.74 Å². The van der Waals surface area contributed by atoms with E-state index in [-0.39, 0.29) is 11.4 Å². The summed E-state index contributed by atoms with van der Waals surface area (Å²) in [6, 6.07) is 15.9. The van der Waals surface area contributed by atoms with Gasteiger partial charge in [0.25, 0.3) is 0 Å². The van der Waals surface area contributed by atoms with Crippen LogP contribution in [0, 0.1) is 0 Å². The Morgan fingerprint density at radius 3 is 2.34 bits per heavy atom. The van der Waals surface area contributed by atoms with E-state index in [1.165, 1.54) is 0 Å². The molecule has 0 radical (unpaired) electrons. The van der Waals surface area contributed by atoms with E-state index in [0.717, 1.165) is 24.3 Å². The lowest BCUT2D eigenvalue weighted by atomic mass is 10.2. The molecule has 0 saturated carbocycles. The van der Waals surface area contributed by atoms with Gasteiger partial charge < -0.3 is 9.47 Å². The Morgan fingerprint density at radius 1 is 0.931 bits per heavy atom. The summed E-state index contributed by atoms with van der Waals surface area (Å²) in [5, 5.41) is 0. The van der Waals surface area contributed by atoms with Gasteiger partial charge in [0, 0.05) is 18.8 Å². The van der Waals surface area contributed by atoms with Crippen molar-refractivity contribution in [2.24, 2.45) is 0 Å². The van der Waals surface area contributed by atoms with Crippen molar-refractivity contribution in [3.05, 3.63) is 78.5 Å². The molecule has 1 N–H and O–H groups in total. The number of nitrogens with one attached hydrogen (secondary N) is 1. The second kappa shape index (κ2) is 8.50. The number of benzene rings is 2. The third-order valence-corrected chi connectivity index (χ3v) is 5.01. The molecule has 0 atom stereocenters. The lowest BCUT2D eigenvalue weighted by Crippen LogP contribution is -2.23. The van der Waals surface area contributed by atoms with E-state index < -0.39 is 22.1 Å². The van der Waals surface area contributed by atoms with Crippen LogP contribution in [0.15, 0.2) is 77.8 Å². The van der Waals surface area contributed by atoms with Crippen molar-refractivity contribution in [3.63, 3.8) is 0 Å². The number of sulfonamides is 1. The van der Waals surface area contributed by atoms with Gasteiger partial charge in [-0.05, 0) is 48.0 Å². The number of hydrogen-bond donors (Lipinski definition) is 1. The molecule has 2 aromatic carbocycles. The molecule has 6 nitrogen and oxygen atoms in total. The predicted octanol–water partition coefficient (Wildman–Crippen LogP) is 4.25. The highest BCUT2D eigenvalue weighted by atomic mass is 32.2. The maximum absolute atomic E-state index is 12.4. The summed E-state index contributed by atoms with van der Waals surface area (Å²) >= 11 is 0. The monoisotopic (exact) mass is 424 g/mol. The highest BCUT2D eigenvalue weighted by Gasteiger charge is 2.31. The summed E-state index contributed by atoms with van der Waals surface area (Å²) in [6.07, 6.45) is -3.26. The molecule has 3 rings (SSSR count). The second-order valence-electron chi connectivity index (χ2n) is 5.76. The van der Waals surface area contributed by atoms with E-state index in [1.807, 2.05) is 0 Å². The third-order valence-electron chi connectivity index (χ3n) is 3.59. The molecule has 0 spiro atoms. The normalized spacial score (nSPS) is 11.8. The van der Waals surface area contributed by atoms with Crippen molar-refractivity contribution in [2.75, 3.05) is 0 Å². The van der Waals surface area contributed by atoms with Gasteiger partial charge >= 0.3 is 6.36 Å². The fourth-order valence-electron chi connectivity index (χ4n) is 2.33. The van der Waals surface area contributed by atoms with Gasteiger partial charge in [-0.2, -0.15) is 0 Å². The van der Waals surface area contributed by atoms with Crippen LogP contribution in [-0.4, -0.2) is 19.8 Å². The Kier molecular flexibility index (Phi) is 6.04. The average Bonchev–Trinajstić information content (AvgIpc) is 2.67. The van der Waals surface area contributed by atoms with E-state index in [1.54, 1.807) is 48.7 Å². The Hall–Kier alpha value is -3.11. The van der Waals surface area contributed by atoms with E-state index >= 15 is 0 Å². The Morgan fingerprint density at radius 2 is 1.69 bits per heavy atom. The first kappa shape index (κ1) is 20.6. The summed E-state index contributed by atoms with van der Waals surface area (Å²) in [5.41, 5.74) is 0.624. The summed E-state index contributed by atoms with van der Waals surface area (Å²) in [6.45, 7) is -0.0391. The smallest absolute Gasteiger partial charge is 0.439 e. The summed E-state index contributed by atoms with van der Waals surface area (Å²) in [7, 11) is -3.93. The molecule has 3 aromatic rings. The van der Waals surface area contributed by atoms with Gasteiger partial charge in [0.05, 0.1) is 4.90 Å². The minimum atomic E-state index is -4.85. The fourth-order valence-corrected chi connectivity index (χ4v) is 3.35. The number of pyridine rings is 1. The van der Waals surface area contributed by atoms with Gasteiger partial charge in [0.1, 0.15) is 11.5 Å². The van der Waals surface area contributed by atoms with Crippen molar-refractivity contribution in [1.82, 2.24) is 9.71 Å². The summed E-state index contributed by atoms with van der Waals surface area (Å²) < 4.78 is 73.0. The molecule has 0 fully saturated rings. The molecule has 0 amide bonds. The van der Waals surface area contributed by atoms with Gasteiger partial charge in [-0.1, -0.05) is 18.2 Å². The highest BCUT2D eigenvalue weighted by Crippen LogP contribution is 2.24. The van der Waals surface area contributed by atoms with Crippen LogP contribution < -0.4 is 14.2 Å². The number of alkyl halides is 3. The third kappa shape index (κ3) is 6.19. The minimum Gasteiger partial charge on any atom is -0.439 e. The zero-order valence-corrected chi connectivity index (χ0v) is 15.6. The highest BCUT2D eigenvalue weighted by molar-refractivity contribution is 7.89. The van der Waals surface area contributed by atoms with Crippen LogP contribution in [0.5, 0.6) is 17.4 Å². The maximum atomic E-state index is 12.4. The number of ether oxygens (including phenoxy) is 2. The van der Waals surface area contributed by atoms with Crippen molar-refractivity contribution in [2.45, 2.75) is 17.8 Å². The molecule has 1 heterocycles. The molecule has 0 aliphatic rings. The molecule has 152 valence electrons. The molecule has 0 aliphatic carbocycles. The lowest BCUT2D eigenvalue weighted by Gasteiger charge is -2.11. The van der Waals surface area contributed by atoms with Crippen LogP contribution in [0.1, 0.15) is 5.56 Å². The first-order valence-electron chi connectivity index (χ1n) is 8.25. The van der Waals surface area contributed by atoms with Gasteiger partial charge in [-0.25, -0.2) is 18.1 Å². The standard InChI is InChI=1S/C19H15F3N2O4S/c20-19(21,22)28-15-7-9-17(10-8-15)29(25,26)24-13-14-4-3-5-16(12-14)27-18-6-1-2-11-23-18/h1-12,24H,13H2. The zero-order valence-electron chi connectivity index (χ0n) is 14.8. The van der Waals surface area contributed by atoms with Gasteiger partial charge in [-0.15, -0.1) is 13.2 Å². The van der Waals surface area contributed by atoms with E-state index in [2.05, 4.69) is 14.4 Å². The molecular formula is C19H15F3N2O4S. The Bertz CT molecular complexity index is 1060. The first-order valence-corrected chi connectivity index (χ1v) is 9.73. The Balaban J connectivity index is 1.65. The fraction of sp³-hybridized carbons (Fsp3) is 0.105. The number of halogens is 3. The predicted molar refractivity (Wildman–Crippen MR) is 97.9 cm³/mol. The number of nitrogens with zero attached hydrogens (tertiary/aromatic N) is 1. The second-order valence-corrected chi connectivity index (χ2v) is 7.53. The van der Waals surface area contributed by atoms with E-state index in [0.29, 0.717) is 17.2 Å². The van der Waals surface area contributed by atoms with Crippen LogP contribution in [0.2, 0.25) is 0 Å². The van der Waals surface area contributed by atoms with Crippen LogP contribution in [0.3, 0.4) is 0 Å². The number of hydrogen-bond acceptors (Lipinski definition) is 5. The van der Waals surface area contributed by atoms with Gasteiger partial charge in [-0.3, -0.25) is 0 Å². The van der Waals surface area contributed by atoms with E-state index in [9.17, 15) is 21.6 Å². The topological polar surface area (TPSA) is 77.5 Å². The van der Waals surface area contributed by atoms with Gasteiger partial charge in [0.15, 0.2) is 0 Å². The molecule has 29 heavy (non-hydrogen) atoms. The first-order chi connectivity index (χ1) is 13.7. The van der Waals surface area contributed by atoms with Crippen molar-refractivity contribution in [3.8, 4) is 17.4 Å². The molecule has 1 aromatic heterocycles. The molecule has 0 aliphatic heterocycles. The number of aromatic nitrogens is 1. The van der Waals surface area contributed by atoms with Crippen molar-refractivity contribution < 1.29 is 31.1 Å². The Labute approximate surface area is 165 Å². The van der Waals surface area contributed by atoms with Crippen LogP contribution in [0.4, 0.5) is 13.2 Å². The van der Waals surface area contributed by atoms with Crippen molar-refractivity contribution in [1.29, 1.82) is 0 Å². The van der Waals surface area contributed by atoms with Gasteiger partial charge in [0.2, 0.25) is 15.9 Å². The average molecular weight is 424 g/mol. The maximum Gasteiger partial charge on any atom is 0.573 e. The zero-order chi connectivity index (χ0) is 20.9. The van der Waals surface area contributed by atoms with Crippen LogP contribution in [-0.2, 0) is 16.6 Å². The molecule has 0 unspecified atom stereocenters.